The summed E-state index contributed by atoms with van der Waals surface area (Å²) in [6, 6.07) is 7.92. The van der Waals surface area contributed by atoms with Crippen molar-refractivity contribution < 1.29 is 9.90 Å². The Labute approximate surface area is 119 Å². The molecule has 2 rings (SSSR count). The number of carbonyl (C=O) groups is 1. The first kappa shape index (κ1) is 14.6. The summed E-state index contributed by atoms with van der Waals surface area (Å²) in [5.74, 6) is -0.0801. The second-order valence-electron chi connectivity index (χ2n) is 5.91. The third kappa shape index (κ3) is 3.20. The van der Waals surface area contributed by atoms with Gasteiger partial charge < -0.3 is 15.0 Å². The molecule has 0 saturated heterocycles. The molecule has 0 bridgehead atoms. The van der Waals surface area contributed by atoms with Crippen LogP contribution >= 0.6 is 0 Å². The molecule has 2 aromatic rings. The van der Waals surface area contributed by atoms with Crippen LogP contribution in [-0.2, 0) is 0 Å². The number of hydrogen-bond acceptors (Lipinski definition) is 2. The first-order valence-corrected chi connectivity index (χ1v) is 6.91. The van der Waals surface area contributed by atoms with E-state index in [-0.39, 0.29) is 5.91 Å². The topological polar surface area (TPSA) is 56.3 Å². The van der Waals surface area contributed by atoms with Crippen molar-refractivity contribution >= 4 is 16.8 Å². The molecular formula is C16H22N2O2. The van der Waals surface area contributed by atoms with Crippen molar-refractivity contribution in [2.75, 3.05) is 13.1 Å². The summed E-state index contributed by atoms with van der Waals surface area (Å²) in [7, 11) is 0. The van der Waals surface area contributed by atoms with E-state index >= 15 is 0 Å². The molecule has 108 valence electrons. The summed E-state index contributed by atoms with van der Waals surface area (Å²) in [6.45, 7) is 8.23. The van der Waals surface area contributed by atoms with Gasteiger partial charge in [0.15, 0.2) is 0 Å². The molecule has 4 heteroatoms. The number of hydrogen-bond donors (Lipinski definition) is 2. The lowest BCUT2D eigenvalue weighted by Crippen LogP contribution is -2.42. The Hall–Kier alpha value is -1.81. The number of carbonyl (C=O) groups excluding carboxylic acids is 1. The van der Waals surface area contributed by atoms with Gasteiger partial charge in [0.1, 0.15) is 5.69 Å². The van der Waals surface area contributed by atoms with E-state index < -0.39 is 5.60 Å². The van der Waals surface area contributed by atoms with Gasteiger partial charge in [0.2, 0.25) is 0 Å². The third-order valence-corrected chi connectivity index (χ3v) is 3.26. The van der Waals surface area contributed by atoms with Gasteiger partial charge in [-0.15, -0.1) is 0 Å². The molecular weight excluding hydrogens is 252 g/mol. The molecule has 0 aliphatic rings. The zero-order chi connectivity index (χ0) is 14.9. The van der Waals surface area contributed by atoms with Gasteiger partial charge in [-0.05, 0) is 45.4 Å². The maximum Gasteiger partial charge on any atom is 0.270 e. The van der Waals surface area contributed by atoms with Crippen LogP contribution in [0, 0.1) is 6.92 Å². The fourth-order valence-electron chi connectivity index (χ4n) is 2.32. The van der Waals surface area contributed by atoms with Gasteiger partial charge in [0.25, 0.3) is 5.91 Å². The predicted molar refractivity (Wildman–Crippen MR) is 80.9 cm³/mol. The summed E-state index contributed by atoms with van der Waals surface area (Å²) in [5.41, 5.74) is 1.79. The number of aromatic amines is 1. The van der Waals surface area contributed by atoms with E-state index in [1.807, 2.05) is 38.1 Å². The van der Waals surface area contributed by atoms with E-state index in [1.54, 1.807) is 18.7 Å². The van der Waals surface area contributed by atoms with Crippen LogP contribution in [0.4, 0.5) is 0 Å². The molecule has 1 heterocycles. The first-order chi connectivity index (χ1) is 9.30. The van der Waals surface area contributed by atoms with Gasteiger partial charge in [-0.2, -0.15) is 0 Å². The highest BCUT2D eigenvalue weighted by atomic mass is 16.3. The number of aromatic nitrogens is 1. The quantitative estimate of drug-likeness (QED) is 0.900. The Morgan fingerprint density at radius 1 is 1.35 bits per heavy atom. The molecule has 0 unspecified atom stereocenters. The molecule has 0 fully saturated rings. The van der Waals surface area contributed by atoms with Crippen LogP contribution in [0.5, 0.6) is 0 Å². The molecule has 0 radical (unpaired) electrons. The Balaban J connectivity index is 2.29. The van der Waals surface area contributed by atoms with Crippen molar-refractivity contribution in [2.45, 2.75) is 33.3 Å². The summed E-state index contributed by atoms with van der Waals surface area (Å²) in [5, 5.41) is 10.9. The highest BCUT2D eigenvalue weighted by molar-refractivity contribution is 5.98. The van der Waals surface area contributed by atoms with E-state index in [1.165, 1.54) is 0 Å². The lowest BCUT2D eigenvalue weighted by atomic mass is 10.1. The fraction of sp³-hybridized carbons (Fsp3) is 0.438. The highest BCUT2D eigenvalue weighted by Gasteiger charge is 2.23. The number of fused-ring (bicyclic) bond motifs is 1. The standard InChI is InChI=1S/C16H22N2O2/c1-5-18(10-16(3,4)20)15(19)14-9-12-7-6-11(2)8-13(12)17-14/h6-9,17,20H,5,10H2,1-4H3. The van der Waals surface area contributed by atoms with Gasteiger partial charge in [-0.1, -0.05) is 12.1 Å². The first-order valence-electron chi connectivity index (χ1n) is 6.91. The lowest BCUT2D eigenvalue weighted by Gasteiger charge is -2.27. The molecule has 4 nitrogen and oxygen atoms in total. The van der Waals surface area contributed by atoms with Crippen molar-refractivity contribution in [1.82, 2.24) is 9.88 Å². The molecule has 20 heavy (non-hydrogen) atoms. The van der Waals surface area contributed by atoms with Gasteiger partial charge in [-0.3, -0.25) is 4.79 Å². The second-order valence-corrected chi connectivity index (χ2v) is 5.91. The van der Waals surface area contributed by atoms with Gasteiger partial charge >= 0.3 is 0 Å². The number of benzene rings is 1. The monoisotopic (exact) mass is 274 g/mol. The summed E-state index contributed by atoms with van der Waals surface area (Å²) < 4.78 is 0. The van der Waals surface area contributed by atoms with Crippen molar-refractivity contribution in [3.8, 4) is 0 Å². The predicted octanol–water partition coefficient (Wildman–Crippen LogP) is 2.71. The van der Waals surface area contributed by atoms with Crippen LogP contribution in [0.3, 0.4) is 0 Å². The van der Waals surface area contributed by atoms with Crippen molar-refractivity contribution in [3.63, 3.8) is 0 Å². The van der Waals surface area contributed by atoms with Crippen LogP contribution in [0.25, 0.3) is 10.9 Å². The van der Waals surface area contributed by atoms with E-state index in [2.05, 4.69) is 4.98 Å². The molecule has 0 spiro atoms. The summed E-state index contributed by atoms with van der Waals surface area (Å²) in [6.07, 6.45) is 0. The molecule has 0 saturated carbocycles. The molecule has 1 aromatic heterocycles. The third-order valence-electron chi connectivity index (χ3n) is 3.26. The maximum absolute atomic E-state index is 12.5. The number of rotatable bonds is 4. The summed E-state index contributed by atoms with van der Waals surface area (Å²) in [4.78, 5) is 17.3. The number of amides is 1. The zero-order valence-corrected chi connectivity index (χ0v) is 12.5. The van der Waals surface area contributed by atoms with Crippen LogP contribution in [-0.4, -0.2) is 39.6 Å². The van der Waals surface area contributed by atoms with Crippen LogP contribution in [0.2, 0.25) is 0 Å². The largest absolute Gasteiger partial charge is 0.389 e. The lowest BCUT2D eigenvalue weighted by molar-refractivity contribution is 0.0312. The number of H-pyrrole nitrogens is 1. The summed E-state index contributed by atoms with van der Waals surface area (Å²) >= 11 is 0. The Kier molecular flexibility index (Phi) is 3.86. The van der Waals surface area contributed by atoms with Gasteiger partial charge in [0.05, 0.1) is 5.60 Å². The minimum absolute atomic E-state index is 0.0801. The smallest absolute Gasteiger partial charge is 0.270 e. The normalized spacial score (nSPS) is 11.8. The van der Waals surface area contributed by atoms with E-state index in [0.717, 1.165) is 16.5 Å². The number of aliphatic hydroxyl groups is 1. The second kappa shape index (κ2) is 5.29. The molecule has 1 aromatic carbocycles. The molecule has 0 aliphatic heterocycles. The number of nitrogens with one attached hydrogen (secondary N) is 1. The van der Waals surface area contributed by atoms with Crippen molar-refractivity contribution in [3.05, 3.63) is 35.5 Å². The minimum Gasteiger partial charge on any atom is -0.389 e. The van der Waals surface area contributed by atoms with Crippen LogP contribution in [0.1, 0.15) is 36.8 Å². The Morgan fingerprint density at radius 3 is 2.65 bits per heavy atom. The molecule has 0 aliphatic carbocycles. The Bertz CT molecular complexity index is 623. The van der Waals surface area contributed by atoms with E-state index in [4.69, 9.17) is 0 Å². The SMILES string of the molecule is CCN(CC(C)(C)O)C(=O)c1cc2ccc(C)cc2[nH]1. The van der Waals surface area contributed by atoms with Crippen molar-refractivity contribution in [2.24, 2.45) is 0 Å². The average molecular weight is 274 g/mol. The number of likely N-dealkylation sites (N-methyl/N-ethyl adjacent to an activating group) is 1. The zero-order valence-electron chi connectivity index (χ0n) is 12.5. The molecule has 1 amide bonds. The molecule has 0 atom stereocenters. The van der Waals surface area contributed by atoms with Crippen LogP contribution in [0.15, 0.2) is 24.3 Å². The number of aryl methyl sites for hydroxylation is 1. The van der Waals surface area contributed by atoms with Gasteiger partial charge in [0, 0.05) is 24.0 Å². The van der Waals surface area contributed by atoms with Gasteiger partial charge in [-0.25, -0.2) is 0 Å². The average Bonchev–Trinajstić information content (AvgIpc) is 2.76. The number of nitrogens with zero attached hydrogens (tertiary/aromatic N) is 1. The fourth-order valence-corrected chi connectivity index (χ4v) is 2.32. The maximum atomic E-state index is 12.5. The minimum atomic E-state index is -0.895. The molecule has 2 N–H and O–H groups in total. The Morgan fingerprint density at radius 2 is 2.05 bits per heavy atom. The van der Waals surface area contributed by atoms with Crippen molar-refractivity contribution in [1.29, 1.82) is 0 Å². The van der Waals surface area contributed by atoms with E-state index in [9.17, 15) is 9.90 Å². The van der Waals surface area contributed by atoms with Crippen LogP contribution < -0.4 is 0 Å². The highest BCUT2D eigenvalue weighted by Crippen LogP contribution is 2.18. The van der Waals surface area contributed by atoms with E-state index in [0.29, 0.717) is 18.8 Å².